The van der Waals surface area contributed by atoms with E-state index in [9.17, 15) is 9.50 Å². The Morgan fingerprint density at radius 3 is 2.75 bits per heavy atom. The van der Waals surface area contributed by atoms with Gasteiger partial charge in [-0.05, 0) is 12.6 Å². The highest BCUT2D eigenvalue weighted by Gasteiger charge is 2.36. The topological polar surface area (TPSA) is 35.9 Å². The number of aliphatic hydroxyl groups is 1. The van der Waals surface area contributed by atoms with E-state index in [-0.39, 0.29) is 11.8 Å². The number of fused-ring (bicyclic) bond motifs is 1. The van der Waals surface area contributed by atoms with Crippen LogP contribution in [-0.2, 0) is 0 Å². The standard InChI is InChI=1S/C15H21FN2O2/c1-2-17-6-8-18(9-7-17)13-10-20-15-11(14(13)19)4-3-5-12(15)16/h3-5,13-14,19H,2,6-10H2,1H3. The van der Waals surface area contributed by atoms with Crippen LogP contribution in [0.4, 0.5) is 4.39 Å². The minimum absolute atomic E-state index is 0.0803. The van der Waals surface area contributed by atoms with E-state index >= 15 is 0 Å². The molecule has 2 heterocycles. The largest absolute Gasteiger partial charge is 0.488 e. The van der Waals surface area contributed by atoms with E-state index in [1.165, 1.54) is 6.07 Å². The van der Waals surface area contributed by atoms with Crippen LogP contribution in [0, 0.1) is 5.82 Å². The van der Waals surface area contributed by atoms with Gasteiger partial charge in [-0.1, -0.05) is 19.1 Å². The molecule has 0 spiro atoms. The quantitative estimate of drug-likeness (QED) is 0.885. The molecule has 1 aromatic rings. The molecule has 1 fully saturated rings. The molecule has 2 aliphatic heterocycles. The van der Waals surface area contributed by atoms with Crippen molar-refractivity contribution in [3.05, 3.63) is 29.6 Å². The number of aliphatic hydroxyl groups excluding tert-OH is 1. The summed E-state index contributed by atoms with van der Waals surface area (Å²) in [6.07, 6.45) is -0.678. The van der Waals surface area contributed by atoms with Crippen LogP contribution in [-0.4, -0.2) is 60.3 Å². The minimum atomic E-state index is -0.678. The lowest BCUT2D eigenvalue weighted by Crippen LogP contribution is -2.54. The molecule has 1 N–H and O–H groups in total. The van der Waals surface area contributed by atoms with Crippen LogP contribution in [0.1, 0.15) is 18.6 Å². The van der Waals surface area contributed by atoms with Crippen molar-refractivity contribution in [2.24, 2.45) is 0 Å². The lowest BCUT2D eigenvalue weighted by atomic mass is 9.97. The number of hydrogen-bond acceptors (Lipinski definition) is 4. The zero-order valence-electron chi connectivity index (χ0n) is 11.8. The summed E-state index contributed by atoms with van der Waals surface area (Å²) in [7, 11) is 0. The maximum absolute atomic E-state index is 13.7. The van der Waals surface area contributed by atoms with E-state index in [1.807, 2.05) is 0 Å². The highest BCUT2D eigenvalue weighted by molar-refractivity contribution is 5.39. The van der Waals surface area contributed by atoms with Crippen molar-refractivity contribution < 1.29 is 14.2 Å². The zero-order valence-corrected chi connectivity index (χ0v) is 11.8. The number of ether oxygens (including phenoxy) is 1. The van der Waals surface area contributed by atoms with Crippen molar-refractivity contribution in [1.82, 2.24) is 9.80 Å². The Kier molecular flexibility index (Phi) is 3.92. The predicted molar refractivity (Wildman–Crippen MR) is 74.3 cm³/mol. The van der Waals surface area contributed by atoms with Crippen LogP contribution in [0.5, 0.6) is 5.75 Å². The molecule has 0 amide bonds. The van der Waals surface area contributed by atoms with Crippen molar-refractivity contribution in [3.63, 3.8) is 0 Å². The molecule has 110 valence electrons. The molecule has 4 nitrogen and oxygen atoms in total. The first-order valence-corrected chi connectivity index (χ1v) is 7.26. The van der Waals surface area contributed by atoms with Crippen LogP contribution in [0.25, 0.3) is 0 Å². The molecule has 0 saturated carbocycles. The van der Waals surface area contributed by atoms with Gasteiger partial charge in [-0.25, -0.2) is 4.39 Å². The SMILES string of the molecule is CCN1CCN(C2COc3c(F)cccc3C2O)CC1. The van der Waals surface area contributed by atoms with Crippen LogP contribution in [0.15, 0.2) is 18.2 Å². The van der Waals surface area contributed by atoms with Crippen molar-refractivity contribution >= 4 is 0 Å². The van der Waals surface area contributed by atoms with Crippen LogP contribution in [0.2, 0.25) is 0 Å². The first kappa shape index (κ1) is 13.8. The number of nitrogens with zero attached hydrogens (tertiary/aromatic N) is 2. The summed E-state index contributed by atoms with van der Waals surface area (Å²) in [4.78, 5) is 4.64. The number of likely N-dealkylation sites (N-methyl/N-ethyl adjacent to an activating group) is 1. The lowest BCUT2D eigenvalue weighted by molar-refractivity contribution is -0.0178. The van der Waals surface area contributed by atoms with Gasteiger partial charge < -0.3 is 14.7 Å². The molecule has 1 saturated heterocycles. The number of piperazine rings is 1. The molecular formula is C15H21FN2O2. The summed E-state index contributed by atoms with van der Waals surface area (Å²) >= 11 is 0. The normalized spacial score (nSPS) is 27.9. The van der Waals surface area contributed by atoms with Gasteiger partial charge in [0.05, 0.1) is 6.04 Å². The van der Waals surface area contributed by atoms with Gasteiger partial charge in [0.25, 0.3) is 0 Å². The van der Waals surface area contributed by atoms with Crippen molar-refractivity contribution in [3.8, 4) is 5.75 Å². The Labute approximate surface area is 118 Å². The van der Waals surface area contributed by atoms with Crippen molar-refractivity contribution in [2.75, 3.05) is 39.3 Å². The lowest BCUT2D eigenvalue weighted by Gasteiger charge is -2.42. The number of halogens is 1. The number of para-hydroxylation sites is 1. The Bertz CT molecular complexity index is 475. The van der Waals surface area contributed by atoms with Crippen molar-refractivity contribution in [1.29, 1.82) is 0 Å². The van der Waals surface area contributed by atoms with Gasteiger partial charge in [-0.15, -0.1) is 0 Å². The molecule has 0 radical (unpaired) electrons. The van der Waals surface area contributed by atoms with E-state index < -0.39 is 11.9 Å². The molecule has 3 rings (SSSR count). The number of hydrogen-bond donors (Lipinski definition) is 1. The molecule has 0 bridgehead atoms. The zero-order chi connectivity index (χ0) is 14.1. The van der Waals surface area contributed by atoms with E-state index in [4.69, 9.17) is 4.74 Å². The van der Waals surface area contributed by atoms with Gasteiger partial charge in [-0.2, -0.15) is 0 Å². The summed E-state index contributed by atoms with van der Waals surface area (Å²) in [5.74, 6) is -0.181. The Balaban J connectivity index is 1.74. The Hall–Kier alpha value is -1.17. The molecular weight excluding hydrogens is 259 g/mol. The third-order valence-electron chi connectivity index (χ3n) is 4.40. The number of rotatable bonds is 2. The molecule has 0 aromatic heterocycles. The smallest absolute Gasteiger partial charge is 0.165 e. The minimum Gasteiger partial charge on any atom is -0.488 e. The second-order valence-corrected chi connectivity index (χ2v) is 5.45. The first-order chi connectivity index (χ1) is 9.70. The van der Waals surface area contributed by atoms with E-state index in [1.54, 1.807) is 12.1 Å². The van der Waals surface area contributed by atoms with Gasteiger partial charge in [0, 0.05) is 31.7 Å². The van der Waals surface area contributed by atoms with Gasteiger partial charge >= 0.3 is 0 Å². The fourth-order valence-corrected chi connectivity index (χ4v) is 3.09. The van der Waals surface area contributed by atoms with Gasteiger partial charge in [0.15, 0.2) is 11.6 Å². The van der Waals surface area contributed by atoms with E-state index in [0.717, 1.165) is 32.7 Å². The maximum atomic E-state index is 13.7. The average molecular weight is 280 g/mol. The Morgan fingerprint density at radius 2 is 2.05 bits per heavy atom. The molecule has 1 aromatic carbocycles. The summed E-state index contributed by atoms with van der Waals surface area (Å²) in [6, 6.07) is 4.66. The molecule has 0 aliphatic carbocycles. The van der Waals surface area contributed by atoms with Crippen LogP contribution in [0.3, 0.4) is 0 Å². The maximum Gasteiger partial charge on any atom is 0.165 e. The van der Waals surface area contributed by atoms with Crippen LogP contribution < -0.4 is 4.74 Å². The monoisotopic (exact) mass is 280 g/mol. The highest BCUT2D eigenvalue weighted by Crippen LogP contribution is 2.36. The average Bonchev–Trinajstić information content (AvgIpc) is 2.49. The third-order valence-corrected chi connectivity index (χ3v) is 4.40. The fraction of sp³-hybridized carbons (Fsp3) is 0.600. The highest BCUT2D eigenvalue weighted by atomic mass is 19.1. The third kappa shape index (κ3) is 2.41. The van der Waals surface area contributed by atoms with Gasteiger partial charge in [-0.3, -0.25) is 4.90 Å². The molecule has 2 unspecified atom stereocenters. The second kappa shape index (κ2) is 5.68. The molecule has 5 heteroatoms. The number of benzene rings is 1. The predicted octanol–water partition coefficient (Wildman–Crippen LogP) is 1.26. The second-order valence-electron chi connectivity index (χ2n) is 5.45. The van der Waals surface area contributed by atoms with Crippen LogP contribution >= 0.6 is 0 Å². The van der Waals surface area contributed by atoms with Gasteiger partial charge in [0.2, 0.25) is 0 Å². The Morgan fingerprint density at radius 1 is 1.30 bits per heavy atom. The summed E-state index contributed by atoms with van der Waals surface area (Å²) in [6.45, 7) is 7.43. The first-order valence-electron chi connectivity index (χ1n) is 7.26. The summed E-state index contributed by atoms with van der Waals surface area (Å²) in [5, 5.41) is 10.5. The molecule has 2 atom stereocenters. The van der Waals surface area contributed by atoms with E-state index in [0.29, 0.717) is 12.2 Å². The van der Waals surface area contributed by atoms with Gasteiger partial charge in [0.1, 0.15) is 12.7 Å². The molecule has 20 heavy (non-hydrogen) atoms. The summed E-state index contributed by atoms with van der Waals surface area (Å²) in [5.41, 5.74) is 0.569. The summed E-state index contributed by atoms with van der Waals surface area (Å²) < 4.78 is 19.2. The fourth-order valence-electron chi connectivity index (χ4n) is 3.09. The van der Waals surface area contributed by atoms with E-state index in [2.05, 4.69) is 16.7 Å². The molecule has 2 aliphatic rings. The van der Waals surface area contributed by atoms with Crippen molar-refractivity contribution in [2.45, 2.75) is 19.1 Å².